The quantitative estimate of drug-likeness (QED) is 0.764. The molecule has 0 radical (unpaired) electrons. The summed E-state index contributed by atoms with van der Waals surface area (Å²) < 4.78 is 3.32. The van der Waals surface area contributed by atoms with Gasteiger partial charge in [-0.1, -0.05) is 22.9 Å². The molecular formula is C14H14BrN3S. The zero-order valence-corrected chi connectivity index (χ0v) is 13.0. The summed E-state index contributed by atoms with van der Waals surface area (Å²) in [4.78, 5) is 5.89. The van der Waals surface area contributed by atoms with Crippen molar-refractivity contribution < 1.29 is 0 Å². The Morgan fingerprint density at radius 3 is 2.84 bits per heavy atom. The molecule has 3 nitrogen and oxygen atoms in total. The molecule has 5 heteroatoms. The highest BCUT2D eigenvalue weighted by Gasteiger charge is 2.13. The number of nitrogen functional groups attached to an aromatic ring is 1. The highest BCUT2D eigenvalue weighted by Crippen LogP contribution is 2.32. The van der Waals surface area contributed by atoms with Crippen LogP contribution in [0.3, 0.4) is 0 Å². The van der Waals surface area contributed by atoms with Crippen molar-refractivity contribution in [1.82, 2.24) is 9.55 Å². The fraction of sp³-hybridized carbons (Fsp3) is 0.214. The van der Waals surface area contributed by atoms with Crippen LogP contribution in [0.1, 0.15) is 13.3 Å². The van der Waals surface area contributed by atoms with Crippen molar-refractivity contribution in [1.29, 1.82) is 0 Å². The zero-order chi connectivity index (χ0) is 13.4. The van der Waals surface area contributed by atoms with Crippen LogP contribution >= 0.6 is 27.3 Å². The summed E-state index contributed by atoms with van der Waals surface area (Å²) in [6.07, 6.45) is 1.08. The predicted octanol–water partition coefficient (Wildman–Crippen LogP) is 4.52. The average Bonchev–Trinajstić information content (AvgIpc) is 2.94. The van der Waals surface area contributed by atoms with Crippen molar-refractivity contribution in [2.45, 2.75) is 19.9 Å². The molecule has 2 heterocycles. The molecule has 0 atom stereocenters. The van der Waals surface area contributed by atoms with Crippen LogP contribution in [0.4, 0.5) is 5.00 Å². The molecule has 0 aliphatic carbocycles. The van der Waals surface area contributed by atoms with E-state index in [0.29, 0.717) is 0 Å². The monoisotopic (exact) mass is 335 g/mol. The Hall–Kier alpha value is -1.33. The minimum Gasteiger partial charge on any atom is -0.391 e. The molecule has 0 aliphatic rings. The van der Waals surface area contributed by atoms with Crippen molar-refractivity contribution in [3.05, 3.63) is 34.8 Å². The van der Waals surface area contributed by atoms with Gasteiger partial charge >= 0.3 is 0 Å². The number of rotatable bonds is 3. The van der Waals surface area contributed by atoms with Gasteiger partial charge in [0.1, 0.15) is 0 Å². The lowest BCUT2D eigenvalue weighted by Gasteiger charge is -2.05. The van der Waals surface area contributed by atoms with Gasteiger partial charge in [0.25, 0.3) is 0 Å². The number of hydrogen-bond donors (Lipinski definition) is 1. The van der Waals surface area contributed by atoms with Crippen molar-refractivity contribution in [3.63, 3.8) is 0 Å². The normalized spacial score (nSPS) is 11.3. The largest absolute Gasteiger partial charge is 0.391 e. The number of aromatic nitrogens is 2. The van der Waals surface area contributed by atoms with Gasteiger partial charge in [0.05, 0.1) is 20.9 Å². The van der Waals surface area contributed by atoms with Gasteiger partial charge in [-0.25, -0.2) is 4.98 Å². The minimum absolute atomic E-state index is 0.825. The molecule has 0 saturated heterocycles. The summed E-state index contributed by atoms with van der Waals surface area (Å²) in [7, 11) is 0. The fourth-order valence-electron chi connectivity index (χ4n) is 2.21. The maximum Gasteiger partial charge on any atom is 0.151 e. The molecule has 0 fully saturated rings. The highest BCUT2D eigenvalue weighted by atomic mass is 79.9. The summed E-state index contributed by atoms with van der Waals surface area (Å²) >= 11 is 5.08. The second-order valence-corrected chi connectivity index (χ2v) is 6.45. The van der Waals surface area contributed by atoms with E-state index in [0.717, 1.165) is 38.7 Å². The second-order valence-electron chi connectivity index (χ2n) is 4.42. The number of nitrogens with zero attached hydrogens (tertiary/aromatic N) is 2. The maximum absolute atomic E-state index is 5.83. The van der Waals surface area contributed by atoms with Crippen LogP contribution in [0.5, 0.6) is 0 Å². The number of thiophene rings is 1. The van der Waals surface area contributed by atoms with E-state index in [9.17, 15) is 0 Å². The SMILES string of the molecule is CCCn1c(-c2ccc(N)s2)nc2cc(Br)ccc21. The number of halogens is 1. The predicted molar refractivity (Wildman–Crippen MR) is 85.4 cm³/mol. The van der Waals surface area contributed by atoms with Gasteiger partial charge < -0.3 is 10.3 Å². The summed E-state index contributed by atoms with van der Waals surface area (Å²) in [5, 5.41) is 0.825. The molecule has 3 rings (SSSR count). The molecule has 0 amide bonds. The van der Waals surface area contributed by atoms with Crippen molar-refractivity contribution >= 4 is 43.3 Å². The van der Waals surface area contributed by atoms with E-state index in [1.54, 1.807) is 11.3 Å². The van der Waals surface area contributed by atoms with E-state index in [2.05, 4.69) is 45.6 Å². The van der Waals surface area contributed by atoms with Crippen LogP contribution in [-0.2, 0) is 6.54 Å². The maximum atomic E-state index is 5.83. The first-order valence-electron chi connectivity index (χ1n) is 6.20. The first-order chi connectivity index (χ1) is 9.19. The van der Waals surface area contributed by atoms with E-state index in [-0.39, 0.29) is 0 Å². The third-order valence-electron chi connectivity index (χ3n) is 3.00. The molecule has 0 spiro atoms. The van der Waals surface area contributed by atoms with E-state index in [1.807, 2.05) is 12.1 Å². The summed E-state index contributed by atoms with van der Waals surface area (Å²) in [6, 6.07) is 10.2. The molecule has 0 unspecified atom stereocenters. The van der Waals surface area contributed by atoms with Crippen LogP contribution in [0, 0.1) is 0 Å². The zero-order valence-electron chi connectivity index (χ0n) is 10.6. The fourth-order valence-corrected chi connectivity index (χ4v) is 3.34. The Labute approximate surface area is 124 Å². The molecule has 0 aliphatic heterocycles. The van der Waals surface area contributed by atoms with E-state index >= 15 is 0 Å². The first-order valence-corrected chi connectivity index (χ1v) is 7.81. The van der Waals surface area contributed by atoms with Gasteiger partial charge in [-0.2, -0.15) is 0 Å². The standard InChI is InChI=1S/C14H14BrN3S/c1-2-7-18-11-4-3-9(15)8-10(11)17-14(18)12-5-6-13(16)19-12/h3-6,8H,2,7,16H2,1H3. The Morgan fingerprint density at radius 1 is 1.32 bits per heavy atom. The van der Waals surface area contributed by atoms with Gasteiger partial charge in [-0.05, 0) is 36.8 Å². The van der Waals surface area contributed by atoms with Crippen LogP contribution < -0.4 is 5.73 Å². The number of benzene rings is 1. The number of fused-ring (bicyclic) bond motifs is 1. The van der Waals surface area contributed by atoms with Gasteiger partial charge in [0.15, 0.2) is 5.82 Å². The molecule has 98 valence electrons. The van der Waals surface area contributed by atoms with Crippen LogP contribution in [0.15, 0.2) is 34.8 Å². The van der Waals surface area contributed by atoms with Gasteiger partial charge in [-0.3, -0.25) is 0 Å². The van der Waals surface area contributed by atoms with E-state index in [1.165, 1.54) is 5.52 Å². The summed E-state index contributed by atoms with van der Waals surface area (Å²) in [5.74, 6) is 1.01. The number of imidazole rings is 1. The van der Waals surface area contributed by atoms with Crippen LogP contribution in [-0.4, -0.2) is 9.55 Å². The molecule has 2 N–H and O–H groups in total. The Balaban J connectivity index is 2.25. The Bertz CT molecular complexity index is 729. The lowest BCUT2D eigenvalue weighted by Crippen LogP contribution is -1.98. The smallest absolute Gasteiger partial charge is 0.151 e. The third-order valence-corrected chi connectivity index (χ3v) is 4.41. The minimum atomic E-state index is 0.825. The third kappa shape index (κ3) is 2.28. The van der Waals surface area contributed by atoms with Gasteiger partial charge in [-0.15, -0.1) is 11.3 Å². The lowest BCUT2D eigenvalue weighted by molar-refractivity contribution is 0.705. The van der Waals surface area contributed by atoms with E-state index < -0.39 is 0 Å². The molecular weight excluding hydrogens is 322 g/mol. The van der Waals surface area contributed by atoms with Crippen molar-refractivity contribution in [2.24, 2.45) is 0 Å². The van der Waals surface area contributed by atoms with Crippen molar-refractivity contribution in [3.8, 4) is 10.7 Å². The number of aryl methyl sites for hydroxylation is 1. The van der Waals surface area contributed by atoms with Gasteiger partial charge in [0.2, 0.25) is 0 Å². The molecule has 0 bridgehead atoms. The molecule has 1 aromatic carbocycles. The second kappa shape index (κ2) is 4.98. The molecule has 3 aromatic rings. The summed E-state index contributed by atoms with van der Waals surface area (Å²) in [6.45, 7) is 3.14. The highest BCUT2D eigenvalue weighted by molar-refractivity contribution is 9.10. The lowest BCUT2D eigenvalue weighted by atomic mass is 10.3. The number of anilines is 1. The Kier molecular flexibility index (Phi) is 3.33. The Morgan fingerprint density at radius 2 is 2.16 bits per heavy atom. The van der Waals surface area contributed by atoms with Crippen molar-refractivity contribution in [2.75, 3.05) is 5.73 Å². The first kappa shape index (κ1) is 12.7. The van der Waals surface area contributed by atoms with Crippen LogP contribution in [0.25, 0.3) is 21.7 Å². The summed E-state index contributed by atoms with van der Waals surface area (Å²) in [5.41, 5.74) is 8.02. The number of hydrogen-bond acceptors (Lipinski definition) is 3. The molecule has 19 heavy (non-hydrogen) atoms. The molecule has 0 saturated carbocycles. The molecule has 2 aromatic heterocycles. The van der Waals surface area contributed by atoms with E-state index in [4.69, 9.17) is 10.7 Å². The number of nitrogens with two attached hydrogens (primary N) is 1. The van der Waals surface area contributed by atoms with Gasteiger partial charge in [0, 0.05) is 11.0 Å². The van der Waals surface area contributed by atoms with Crippen LogP contribution in [0.2, 0.25) is 0 Å². The average molecular weight is 336 g/mol. The topological polar surface area (TPSA) is 43.8 Å².